The maximum absolute atomic E-state index is 12.2. The van der Waals surface area contributed by atoms with Gasteiger partial charge in [-0.1, -0.05) is 35.9 Å². The number of nitrogens with one attached hydrogen (secondary N) is 1. The number of thiophene rings is 1. The third-order valence-corrected chi connectivity index (χ3v) is 4.64. The van der Waals surface area contributed by atoms with Gasteiger partial charge in [-0.15, -0.1) is 11.3 Å². The van der Waals surface area contributed by atoms with Crippen molar-refractivity contribution in [3.63, 3.8) is 0 Å². The molecule has 1 heterocycles. The molecule has 0 bridgehead atoms. The van der Waals surface area contributed by atoms with Crippen molar-refractivity contribution in [1.82, 2.24) is 5.32 Å². The van der Waals surface area contributed by atoms with E-state index < -0.39 is 0 Å². The second-order valence-corrected chi connectivity index (χ2v) is 6.58. The highest BCUT2D eigenvalue weighted by Gasteiger charge is 2.33. The monoisotopic (exact) mass is 285 g/mol. The van der Waals surface area contributed by atoms with E-state index in [1.807, 2.05) is 17.5 Å². The van der Waals surface area contributed by atoms with Crippen LogP contribution >= 0.6 is 11.3 Å². The Kier molecular flexibility index (Phi) is 3.88. The largest absolute Gasteiger partial charge is 0.349 e. The van der Waals surface area contributed by atoms with E-state index in [2.05, 4.69) is 36.5 Å². The molecule has 1 aliphatic carbocycles. The van der Waals surface area contributed by atoms with E-state index in [9.17, 15) is 4.79 Å². The number of benzene rings is 1. The second-order valence-electron chi connectivity index (χ2n) is 5.55. The van der Waals surface area contributed by atoms with Gasteiger partial charge in [-0.2, -0.15) is 0 Å². The summed E-state index contributed by atoms with van der Waals surface area (Å²) in [6.45, 7) is 2.09. The number of hydrogen-bond donors (Lipinski definition) is 1. The molecule has 20 heavy (non-hydrogen) atoms. The fourth-order valence-electron chi connectivity index (χ4n) is 2.47. The highest BCUT2D eigenvalue weighted by molar-refractivity contribution is 7.10. The minimum atomic E-state index is 0.130. The zero-order valence-corrected chi connectivity index (χ0v) is 12.5. The van der Waals surface area contributed by atoms with Crippen LogP contribution in [0.2, 0.25) is 0 Å². The maximum Gasteiger partial charge on any atom is 0.225 e. The van der Waals surface area contributed by atoms with Gasteiger partial charge in [0.2, 0.25) is 5.91 Å². The molecule has 0 spiro atoms. The van der Waals surface area contributed by atoms with Crippen molar-refractivity contribution >= 4 is 17.2 Å². The summed E-state index contributed by atoms with van der Waals surface area (Å²) >= 11 is 1.64. The predicted molar refractivity (Wildman–Crippen MR) is 82.8 cm³/mol. The molecule has 1 saturated carbocycles. The highest BCUT2D eigenvalue weighted by atomic mass is 32.1. The van der Waals surface area contributed by atoms with Crippen molar-refractivity contribution in [1.29, 1.82) is 0 Å². The van der Waals surface area contributed by atoms with Crippen molar-refractivity contribution in [3.05, 3.63) is 57.8 Å². The molecule has 1 amide bonds. The van der Waals surface area contributed by atoms with Crippen LogP contribution in [0.1, 0.15) is 34.9 Å². The van der Waals surface area contributed by atoms with Gasteiger partial charge in [0.25, 0.3) is 0 Å². The van der Waals surface area contributed by atoms with Crippen molar-refractivity contribution in [2.75, 3.05) is 0 Å². The molecule has 3 rings (SSSR count). The molecule has 2 aromatic rings. The Morgan fingerprint density at radius 1 is 1.30 bits per heavy atom. The molecule has 104 valence electrons. The Labute approximate surface area is 123 Å². The summed E-state index contributed by atoms with van der Waals surface area (Å²) < 4.78 is 0. The van der Waals surface area contributed by atoms with Crippen LogP contribution in [-0.4, -0.2) is 5.91 Å². The first-order valence-corrected chi connectivity index (χ1v) is 7.98. The predicted octanol–water partition coefficient (Wildman–Crippen LogP) is 3.87. The van der Waals surface area contributed by atoms with E-state index in [0.717, 1.165) is 4.88 Å². The SMILES string of the molecule is Cc1ccc(C(NC(=O)Cc2cccs2)C2CC2)cc1. The van der Waals surface area contributed by atoms with Gasteiger partial charge in [-0.25, -0.2) is 0 Å². The van der Waals surface area contributed by atoms with Gasteiger partial charge < -0.3 is 5.32 Å². The summed E-state index contributed by atoms with van der Waals surface area (Å²) in [7, 11) is 0. The third kappa shape index (κ3) is 3.28. The summed E-state index contributed by atoms with van der Waals surface area (Å²) in [4.78, 5) is 13.3. The Morgan fingerprint density at radius 3 is 2.65 bits per heavy atom. The van der Waals surface area contributed by atoms with Crippen LogP contribution in [0.25, 0.3) is 0 Å². The van der Waals surface area contributed by atoms with Crippen LogP contribution in [0.15, 0.2) is 41.8 Å². The first-order valence-electron chi connectivity index (χ1n) is 7.10. The molecular weight excluding hydrogens is 266 g/mol. The summed E-state index contributed by atoms with van der Waals surface area (Å²) in [6.07, 6.45) is 2.93. The van der Waals surface area contributed by atoms with E-state index in [4.69, 9.17) is 0 Å². The van der Waals surface area contributed by atoms with Crippen molar-refractivity contribution in [2.45, 2.75) is 32.2 Å². The molecule has 1 aliphatic rings. The van der Waals surface area contributed by atoms with Gasteiger partial charge in [-0.05, 0) is 42.7 Å². The average Bonchev–Trinajstić information content (AvgIpc) is 3.16. The van der Waals surface area contributed by atoms with E-state index in [1.54, 1.807) is 11.3 Å². The highest BCUT2D eigenvalue weighted by Crippen LogP contribution is 2.41. The van der Waals surface area contributed by atoms with Gasteiger partial charge in [0.05, 0.1) is 12.5 Å². The Morgan fingerprint density at radius 2 is 2.05 bits per heavy atom. The molecule has 1 aromatic carbocycles. The van der Waals surface area contributed by atoms with Crippen LogP contribution in [0.4, 0.5) is 0 Å². The number of amides is 1. The molecule has 1 fully saturated rings. The molecule has 3 heteroatoms. The first kappa shape index (κ1) is 13.4. The number of carbonyl (C=O) groups excluding carboxylic acids is 1. The molecule has 0 radical (unpaired) electrons. The molecule has 1 N–H and O–H groups in total. The number of carbonyl (C=O) groups is 1. The Balaban J connectivity index is 1.68. The van der Waals surface area contributed by atoms with Crippen LogP contribution in [0, 0.1) is 12.8 Å². The maximum atomic E-state index is 12.2. The summed E-state index contributed by atoms with van der Waals surface area (Å²) in [5.41, 5.74) is 2.49. The third-order valence-electron chi connectivity index (χ3n) is 3.76. The van der Waals surface area contributed by atoms with Gasteiger partial charge in [-0.3, -0.25) is 4.79 Å². The standard InChI is InChI=1S/C17H19NOS/c1-12-4-6-13(7-5-12)17(14-8-9-14)18-16(19)11-15-3-2-10-20-15/h2-7,10,14,17H,8-9,11H2,1H3,(H,18,19). The number of aryl methyl sites for hydroxylation is 1. The molecular formula is C17H19NOS. The summed E-state index contributed by atoms with van der Waals surface area (Å²) in [6, 6.07) is 12.7. The van der Waals surface area contributed by atoms with Gasteiger partial charge in [0, 0.05) is 4.88 Å². The lowest BCUT2D eigenvalue weighted by molar-refractivity contribution is -0.121. The molecule has 1 unspecified atom stereocenters. The fourth-order valence-corrected chi connectivity index (χ4v) is 3.18. The Hall–Kier alpha value is -1.61. The van der Waals surface area contributed by atoms with Crippen molar-refractivity contribution in [3.8, 4) is 0 Å². The topological polar surface area (TPSA) is 29.1 Å². The first-order chi connectivity index (χ1) is 9.72. The zero-order valence-electron chi connectivity index (χ0n) is 11.6. The quantitative estimate of drug-likeness (QED) is 0.888. The van der Waals surface area contributed by atoms with Crippen molar-refractivity contribution < 1.29 is 4.79 Å². The lowest BCUT2D eigenvalue weighted by Gasteiger charge is -2.19. The van der Waals surface area contributed by atoms with E-state index in [0.29, 0.717) is 12.3 Å². The second kappa shape index (κ2) is 5.80. The van der Waals surface area contributed by atoms with Crippen LogP contribution in [-0.2, 0) is 11.2 Å². The van der Waals surface area contributed by atoms with E-state index in [-0.39, 0.29) is 11.9 Å². The Bertz CT molecular complexity index is 570. The normalized spacial score (nSPS) is 15.8. The average molecular weight is 285 g/mol. The minimum Gasteiger partial charge on any atom is -0.349 e. The molecule has 0 saturated heterocycles. The van der Waals surface area contributed by atoms with Crippen molar-refractivity contribution in [2.24, 2.45) is 5.92 Å². The summed E-state index contributed by atoms with van der Waals surface area (Å²) in [5.74, 6) is 0.745. The van der Waals surface area contributed by atoms with Crippen LogP contribution < -0.4 is 5.32 Å². The zero-order chi connectivity index (χ0) is 13.9. The smallest absolute Gasteiger partial charge is 0.225 e. The molecule has 0 aliphatic heterocycles. The van der Waals surface area contributed by atoms with Crippen LogP contribution in [0.3, 0.4) is 0 Å². The fraction of sp³-hybridized carbons (Fsp3) is 0.353. The van der Waals surface area contributed by atoms with Gasteiger partial charge >= 0.3 is 0 Å². The molecule has 1 atom stereocenters. The molecule has 2 nitrogen and oxygen atoms in total. The summed E-state index contributed by atoms with van der Waals surface area (Å²) in [5, 5.41) is 5.24. The van der Waals surface area contributed by atoms with Gasteiger partial charge in [0.15, 0.2) is 0 Å². The minimum absolute atomic E-state index is 0.130. The van der Waals surface area contributed by atoms with Crippen LogP contribution in [0.5, 0.6) is 0 Å². The molecule has 1 aromatic heterocycles. The number of rotatable bonds is 5. The number of hydrogen-bond acceptors (Lipinski definition) is 2. The lowest BCUT2D eigenvalue weighted by atomic mass is 10.0. The van der Waals surface area contributed by atoms with E-state index in [1.165, 1.54) is 24.0 Å². The lowest BCUT2D eigenvalue weighted by Crippen LogP contribution is -2.30. The van der Waals surface area contributed by atoms with Gasteiger partial charge in [0.1, 0.15) is 0 Å². The van der Waals surface area contributed by atoms with E-state index >= 15 is 0 Å².